The maximum absolute atomic E-state index is 6.81. The van der Waals surface area contributed by atoms with Crippen molar-refractivity contribution in [3.63, 3.8) is 0 Å². The lowest BCUT2D eigenvalue weighted by atomic mass is 9.63. The van der Waals surface area contributed by atoms with Gasteiger partial charge in [0.25, 0.3) is 0 Å². The van der Waals surface area contributed by atoms with Crippen molar-refractivity contribution in [2.24, 2.45) is 0 Å². The Morgan fingerprint density at radius 2 is 0.776 bits per heavy atom. The van der Waals surface area contributed by atoms with E-state index in [9.17, 15) is 0 Å². The quantitative estimate of drug-likeness (QED) is 0.142. The topological polar surface area (TPSA) is 32.8 Å². The highest BCUT2D eigenvalue weighted by atomic mass is 28.3. The van der Waals surface area contributed by atoms with Crippen LogP contribution in [0.25, 0.3) is 76.9 Å². The molecule has 6 heteroatoms. The fraction of sp³-hybridized carbons (Fsp3) is 0.171. The van der Waals surface area contributed by atoms with E-state index in [-0.39, 0.29) is 10.8 Å². The number of fused-ring (bicyclic) bond motifs is 12. The number of furan rings is 2. The molecule has 0 amide bonds. The van der Waals surface area contributed by atoms with E-state index in [1.54, 1.807) is 0 Å². The van der Waals surface area contributed by atoms with Gasteiger partial charge in [0.2, 0.25) is 0 Å². The van der Waals surface area contributed by atoms with Gasteiger partial charge in [0.15, 0.2) is 11.2 Å². The number of benzene rings is 10. The molecule has 2 heterocycles. The molecule has 0 saturated carbocycles. The van der Waals surface area contributed by atoms with Gasteiger partial charge in [-0.15, -0.1) is 0 Å². The molecule has 14 rings (SSSR count). The van der Waals surface area contributed by atoms with Crippen LogP contribution in [0, 0.1) is 0 Å². The average Bonchev–Trinajstić information content (AvgIpc) is 4.20. The Kier molecular flexibility index (Phi) is 10.00. The van der Waals surface area contributed by atoms with Crippen molar-refractivity contribution in [3.8, 4) is 22.3 Å². The van der Waals surface area contributed by atoms with Gasteiger partial charge in [-0.1, -0.05) is 205 Å². The SMILES string of the molecule is CC1(C)c2cc(N(c3ccc([Si](C)(C)C)cc3)c3cccc4c3oc3ccccc34)ccc2-c2ccc3c(c21)C(C)(C)c1cccc2c(N(c4ccc([Si](C)(C)C)cc4)c4cccc5c4oc4ccccc45)ccc-3c12. The molecule has 0 fully saturated rings. The molecule has 0 radical (unpaired) electrons. The lowest BCUT2D eigenvalue weighted by Crippen LogP contribution is -2.37. The fourth-order valence-electron chi connectivity index (χ4n) is 13.2. The number of nitrogens with zero attached hydrogens (tertiary/aromatic N) is 2. The largest absolute Gasteiger partial charge is 0.454 e. The van der Waals surface area contributed by atoms with E-state index < -0.39 is 16.1 Å². The summed E-state index contributed by atoms with van der Waals surface area (Å²) < 4.78 is 13.6. The van der Waals surface area contributed by atoms with Gasteiger partial charge in [-0.25, -0.2) is 0 Å². The van der Waals surface area contributed by atoms with Crippen molar-refractivity contribution < 1.29 is 8.83 Å². The molecule has 0 N–H and O–H groups in total. The molecule has 10 aromatic carbocycles. The van der Waals surface area contributed by atoms with Crippen LogP contribution in [0.3, 0.4) is 0 Å². The summed E-state index contributed by atoms with van der Waals surface area (Å²) in [6.45, 7) is 24.3. The molecule has 2 aromatic heterocycles. The van der Waals surface area contributed by atoms with Gasteiger partial charge >= 0.3 is 0 Å². The Morgan fingerprint density at radius 3 is 1.34 bits per heavy atom. The number of hydrogen-bond acceptors (Lipinski definition) is 4. The van der Waals surface area contributed by atoms with Gasteiger partial charge in [0, 0.05) is 54.8 Å². The zero-order chi connectivity index (χ0) is 52.2. The van der Waals surface area contributed by atoms with E-state index in [1.165, 1.54) is 65.7 Å². The summed E-state index contributed by atoms with van der Waals surface area (Å²) in [6, 6.07) is 72.5. The third kappa shape index (κ3) is 6.79. The minimum Gasteiger partial charge on any atom is -0.454 e. The van der Waals surface area contributed by atoms with E-state index in [0.717, 1.165) is 78.0 Å². The number of para-hydroxylation sites is 4. The summed E-state index contributed by atoms with van der Waals surface area (Å²) >= 11 is 0. The number of rotatable bonds is 8. The van der Waals surface area contributed by atoms with Crippen LogP contribution in [-0.4, -0.2) is 16.1 Å². The van der Waals surface area contributed by atoms with Crippen LogP contribution in [0.2, 0.25) is 39.3 Å². The first-order chi connectivity index (χ1) is 36.5. The van der Waals surface area contributed by atoms with E-state index in [2.05, 4.69) is 271 Å². The molecule has 2 aliphatic carbocycles. The first-order valence-corrected chi connectivity index (χ1v) is 34.0. The maximum Gasteiger partial charge on any atom is 0.159 e. The van der Waals surface area contributed by atoms with Crippen LogP contribution >= 0.6 is 0 Å². The van der Waals surface area contributed by atoms with E-state index >= 15 is 0 Å². The number of anilines is 6. The molecule has 0 saturated heterocycles. The molecule has 372 valence electrons. The lowest BCUT2D eigenvalue weighted by Gasteiger charge is -2.40. The molecule has 76 heavy (non-hydrogen) atoms. The smallest absolute Gasteiger partial charge is 0.159 e. The Labute approximate surface area is 447 Å². The summed E-state index contributed by atoms with van der Waals surface area (Å²) in [7, 11) is -3.11. The van der Waals surface area contributed by atoms with Crippen molar-refractivity contribution in [1.29, 1.82) is 0 Å². The van der Waals surface area contributed by atoms with Crippen molar-refractivity contribution in [2.75, 3.05) is 9.80 Å². The molecular formula is C70H62N2O2Si2. The van der Waals surface area contributed by atoms with Crippen LogP contribution < -0.4 is 20.2 Å². The van der Waals surface area contributed by atoms with Crippen molar-refractivity contribution >= 4 is 115 Å². The normalized spacial score (nSPS) is 14.4. The first kappa shape index (κ1) is 46.6. The molecule has 4 nitrogen and oxygen atoms in total. The van der Waals surface area contributed by atoms with Crippen LogP contribution in [0.5, 0.6) is 0 Å². The molecule has 0 bridgehead atoms. The third-order valence-corrected chi connectivity index (χ3v) is 21.3. The molecule has 2 aliphatic rings. The highest BCUT2D eigenvalue weighted by molar-refractivity contribution is 6.89. The van der Waals surface area contributed by atoms with Crippen molar-refractivity contribution in [2.45, 2.75) is 77.8 Å². The van der Waals surface area contributed by atoms with Gasteiger partial charge in [0.1, 0.15) is 11.2 Å². The second-order valence-corrected chi connectivity index (χ2v) is 34.7. The lowest BCUT2D eigenvalue weighted by molar-refractivity contribution is 0.591. The molecule has 0 spiro atoms. The Morgan fingerprint density at radius 1 is 0.342 bits per heavy atom. The van der Waals surface area contributed by atoms with Gasteiger partial charge in [-0.2, -0.15) is 0 Å². The highest BCUT2D eigenvalue weighted by Gasteiger charge is 2.45. The minimum atomic E-state index is -1.56. The summed E-state index contributed by atoms with van der Waals surface area (Å²) in [5.41, 5.74) is 20.2. The Balaban J connectivity index is 0.934. The van der Waals surface area contributed by atoms with Crippen LogP contribution in [0.15, 0.2) is 203 Å². The third-order valence-electron chi connectivity index (χ3n) is 17.1. The van der Waals surface area contributed by atoms with Gasteiger partial charge < -0.3 is 18.6 Å². The fourth-order valence-corrected chi connectivity index (χ4v) is 15.6. The van der Waals surface area contributed by atoms with E-state index in [4.69, 9.17) is 8.83 Å². The Bertz CT molecular complexity index is 4370. The monoisotopic (exact) mass is 1020 g/mol. The summed E-state index contributed by atoms with van der Waals surface area (Å²) in [6.07, 6.45) is 0. The highest BCUT2D eigenvalue weighted by Crippen LogP contribution is 2.60. The second-order valence-electron chi connectivity index (χ2n) is 24.5. The van der Waals surface area contributed by atoms with Crippen LogP contribution in [0.1, 0.15) is 49.9 Å². The zero-order valence-electron chi connectivity index (χ0n) is 45.2. The summed E-state index contributed by atoms with van der Waals surface area (Å²) in [5, 5.41) is 9.90. The molecule has 0 unspecified atom stereocenters. The van der Waals surface area contributed by atoms with Crippen molar-refractivity contribution in [3.05, 3.63) is 216 Å². The first-order valence-electron chi connectivity index (χ1n) is 27.0. The summed E-state index contributed by atoms with van der Waals surface area (Å²) in [5.74, 6) is 0. The van der Waals surface area contributed by atoms with Gasteiger partial charge in [-0.3, -0.25) is 0 Å². The van der Waals surface area contributed by atoms with Gasteiger partial charge in [0.05, 0.1) is 33.2 Å². The van der Waals surface area contributed by atoms with Gasteiger partial charge in [-0.05, 0) is 117 Å². The van der Waals surface area contributed by atoms with Crippen LogP contribution in [-0.2, 0) is 10.8 Å². The van der Waals surface area contributed by atoms with E-state index in [1.807, 2.05) is 0 Å². The Hall–Kier alpha value is -7.91. The standard InChI is InChI=1S/C70H62N2O2Si2/c1-69(2)57-23-15-22-56-59(72(44-30-35-47(36-31-44)76(8,9)10)61-25-17-21-55-50-19-12-14-27-63(50)74-68(55)61)41-40-51(64(56)57)53-39-38-52-48-37-32-45(42-58(48)70(3,4)65(52)66(53)69)71(43-28-33-46(34-29-43)75(5,6)7)60-24-16-20-54-49-18-11-13-26-62(49)73-67(54)60/h11-42H,1-10H3. The average molecular weight is 1020 g/mol. The van der Waals surface area contributed by atoms with E-state index in [0.29, 0.717) is 0 Å². The summed E-state index contributed by atoms with van der Waals surface area (Å²) in [4.78, 5) is 4.87. The molecule has 0 aliphatic heterocycles. The molecular weight excluding hydrogens is 957 g/mol. The second kappa shape index (κ2) is 16.3. The molecule has 0 atom stereocenters. The zero-order valence-corrected chi connectivity index (χ0v) is 47.2. The maximum atomic E-state index is 6.81. The molecule has 12 aromatic rings. The van der Waals surface area contributed by atoms with Crippen LogP contribution in [0.4, 0.5) is 34.1 Å². The van der Waals surface area contributed by atoms with Crippen molar-refractivity contribution in [1.82, 2.24) is 0 Å². The predicted octanol–water partition coefficient (Wildman–Crippen LogP) is 19.3. The number of hydrogen-bond donors (Lipinski definition) is 0. The minimum absolute atomic E-state index is 0.322. The predicted molar refractivity (Wildman–Crippen MR) is 329 cm³/mol.